The molecule has 1 amide bonds. The minimum Gasteiger partial charge on any atom is -0.340 e. The summed E-state index contributed by atoms with van der Waals surface area (Å²) >= 11 is 6.85. The minimum absolute atomic E-state index is 0.0101. The van der Waals surface area contributed by atoms with Gasteiger partial charge < -0.3 is 10.6 Å². The molecule has 0 bridgehead atoms. The van der Waals surface area contributed by atoms with Crippen molar-refractivity contribution in [2.45, 2.75) is 18.9 Å². The zero-order valence-electron chi connectivity index (χ0n) is 10.5. The molecule has 1 aromatic carbocycles. The fourth-order valence-electron chi connectivity index (χ4n) is 2.19. The van der Waals surface area contributed by atoms with E-state index in [2.05, 4.69) is 31.9 Å². The standard InChI is InChI=1S/C14H16Br2N2O/c15-13(16)11-6-8-18(9-7-11)14(19)12(17)10-4-2-1-3-5-10/h1-5,12H,6-9,17H2/t12-/m0/s1. The molecule has 0 spiro atoms. The Morgan fingerprint density at radius 3 is 2.26 bits per heavy atom. The third-order valence-electron chi connectivity index (χ3n) is 3.37. The van der Waals surface area contributed by atoms with Crippen molar-refractivity contribution < 1.29 is 4.79 Å². The first-order chi connectivity index (χ1) is 9.09. The van der Waals surface area contributed by atoms with Crippen LogP contribution >= 0.6 is 31.9 Å². The van der Waals surface area contributed by atoms with E-state index >= 15 is 0 Å². The van der Waals surface area contributed by atoms with Crippen LogP contribution in [0.25, 0.3) is 0 Å². The molecule has 0 aromatic heterocycles. The van der Waals surface area contributed by atoms with Gasteiger partial charge in [-0.15, -0.1) is 0 Å². The fourth-order valence-corrected chi connectivity index (χ4v) is 2.98. The number of hydrogen-bond donors (Lipinski definition) is 1. The Bertz CT molecular complexity index is 473. The number of benzene rings is 1. The Kier molecular flexibility index (Phi) is 5.19. The minimum atomic E-state index is -0.556. The van der Waals surface area contributed by atoms with E-state index in [4.69, 9.17) is 5.73 Å². The second-order valence-corrected chi connectivity index (χ2v) is 7.23. The first-order valence-electron chi connectivity index (χ1n) is 6.22. The number of carbonyl (C=O) groups is 1. The SMILES string of the molecule is N[C@H](C(=O)N1CCC(=C(Br)Br)CC1)c1ccccc1. The lowest BCUT2D eigenvalue weighted by Gasteiger charge is -2.30. The molecule has 1 saturated heterocycles. The highest BCUT2D eigenvalue weighted by atomic mass is 79.9. The lowest BCUT2D eigenvalue weighted by Crippen LogP contribution is -2.42. The topological polar surface area (TPSA) is 46.3 Å². The Balaban J connectivity index is 2.00. The number of piperidine rings is 1. The van der Waals surface area contributed by atoms with Gasteiger partial charge in [0.05, 0.1) is 3.39 Å². The maximum absolute atomic E-state index is 12.3. The summed E-state index contributed by atoms with van der Waals surface area (Å²) < 4.78 is 1.01. The molecule has 102 valence electrons. The fraction of sp³-hybridized carbons (Fsp3) is 0.357. The molecule has 5 heteroatoms. The number of hydrogen-bond acceptors (Lipinski definition) is 2. The number of rotatable bonds is 2. The van der Waals surface area contributed by atoms with Crippen molar-refractivity contribution in [2.75, 3.05) is 13.1 Å². The number of nitrogens with zero attached hydrogens (tertiary/aromatic N) is 1. The van der Waals surface area contributed by atoms with Gasteiger partial charge in [0.1, 0.15) is 6.04 Å². The summed E-state index contributed by atoms with van der Waals surface area (Å²) in [5, 5.41) is 0. The quantitative estimate of drug-likeness (QED) is 0.846. The van der Waals surface area contributed by atoms with Crippen molar-refractivity contribution in [1.82, 2.24) is 4.90 Å². The van der Waals surface area contributed by atoms with E-state index in [9.17, 15) is 4.79 Å². The summed E-state index contributed by atoms with van der Waals surface area (Å²) in [7, 11) is 0. The first kappa shape index (κ1) is 14.8. The van der Waals surface area contributed by atoms with Gasteiger partial charge in [0.2, 0.25) is 5.91 Å². The van der Waals surface area contributed by atoms with Crippen LogP contribution in [-0.4, -0.2) is 23.9 Å². The van der Waals surface area contributed by atoms with Gasteiger partial charge in [-0.25, -0.2) is 0 Å². The van der Waals surface area contributed by atoms with E-state index < -0.39 is 6.04 Å². The monoisotopic (exact) mass is 386 g/mol. The zero-order valence-corrected chi connectivity index (χ0v) is 13.7. The van der Waals surface area contributed by atoms with Crippen LogP contribution in [0.2, 0.25) is 0 Å². The molecule has 3 nitrogen and oxygen atoms in total. The largest absolute Gasteiger partial charge is 0.340 e. The molecule has 0 aliphatic carbocycles. The summed E-state index contributed by atoms with van der Waals surface area (Å²) in [6.45, 7) is 1.46. The number of amides is 1. The van der Waals surface area contributed by atoms with E-state index in [1.54, 1.807) is 0 Å². The van der Waals surface area contributed by atoms with E-state index in [1.807, 2.05) is 35.2 Å². The molecule has 1 aromatic rings. The van der Waals surface area contributed by atoms with Crippen molar-refractivity contribution in [3.05, 3.63) is 44.9 Å². The molecule has 0 radical (unpaired) electrons. The van der Waals surface area contributed by atoms with Crippen molar-refractivity contribution in [1.29, 1.82) is 0 Å². The zero-order chi connectivity index (χ0) is 13.8. The van der Waals surface area contributed by atoms with Crippen molar-refractivity contribution in [3.63, 3.8) is 0 Å². The molecule has 1 heterocycles. The average Bonchev–Trinajstić information content (AvgIpc) is 2.46. The molecule has 1 fully saturated rings. The van der Waals surface area contributed by atoms with Crippen LogP contribution in [0.1, 0.15) is 24.4 Å². The Labute approximate surface area is 130 Å². The highest BCUT2D eigenvalue weighted by Crippen LogP contribution is 2.28. The molecule has 2 rings (SSSR count). The third kappa shape index (κ3) is 3.68. The Morgan fingerprint density at radius 1 is 1.16 bits per heavy atom. The molecule has 0 saturated carbocycles. The van der Waals surface area contributed by atoms with E-state index in [-0.39, 0.29) is 5.91 Å². The predicted octanol–water partition coefficient (Wildman–Crippen LogP) is 3.31. The summed E-state index contributed by atoms with van der Waals surface area (Å²) in [6, 6.07) is 8.97. The van der Waals surface area contributed by atoms with Gasteiger partial charge in [0.15, 0.2) is 0 Å². The van der Waals surface area contributed by atoms with Crippen molar-refractivity contribution in [3.8, 4) is 0 Å². The average molecular weight is 388 g/mol. The number of likely N-dealkylation sites (tertiary alicyclic amines) is 1. The van der Waals surface area contributed by atoms with E-state index in [0.29, 0.717) is 0 Å². The maximum atomic E-state index is 12.3. The van der Waals surface area contributed by atoms with Gasteiger partial charge in [-0.1, -0.05) is 30.3 Å². The van der Waals surface area contributed by atoms with Gasteiger partial charge in [-0.05, 0) is 55.8 Å². The molecule has 1 aliphatic heterocycles. The lowest BCUT2D eigenvalue weighted by molar-refractivity contribution is -0.133. The first-order valence-corrected chi connectivity index (χ1v) is 7.80. The summed E-state index contributed by atoms with van der Waals surface area (Å²) in [4.78, 5) is 14.2. The van der Waals surface area contributed by atoms with Crippen LogP contribution in [-0.2, 0) is 4.79 Å². The summed E-state index contributed by atoms with van der Waals surface area (Å²) in [6.07, 6.45) is 1.78. The molecule has 19 heavy (non-hydrogen) atoms. The van der Waals surface area contributed by atoms with Crippen molar-refractivity contribution >= 4 is 37.8 Å². The maximum Gasteiger partial charge on any atom is 0.244 e. The third-order valence-corrected chi connectivity index (χ3v) is 4.49. The number of carbonyl (C=O) groups excluding carboxylic acids is 1. The highest BCUT2D eigenvalue weighted by molar-refractivity contribution is 9.28. The molecule has 1 aliphatic rings. The van der Waals surface area contributed by atoms with Gasteiger partial charge in [-0.2, -0.15) is 0 Å². The van der Waals surface area contributed by atoms with Crippen LogP contribution in [0.4, 0.5) is 0 Å². The van der Waals surface area contributed by atoms with Crippen molar-refractivity contribution in [2.24, 2.45) is 5.73 Å². The lowest BCUT2D eigenvalue weighted by atomic mass is 10.0. The molecule has 0 unspecified atom stereocenters. The summed E-state index contributed by atoms with van der Waals surface area (Å²) in [5.41, 5.74) is 8.23. The van der Waals surface area contributed by atoms with Crippen LogP contribution in [0.3, 0.4) is 0 Å². The Morgan fingerprint density at radius 2 is 1.74 bits per heavy atom. The second-order valence-electron chi connectivity index (χ2n) is 4.58. The molecular weight excluding hydrogens is 372 g/mol. The molecule has 2 N–H and O–H groups in total. The number of nitrogens with two attached hydrogens (primary N) is 1. The van der Waals surface area contributed by atoms with Gasteiger partial charge in [-0.3, -0.25) is 4.79 Å². The van der Waals surface area contributed by atoms with Gasteiger partial charge in [0, 0.05) is 13.1 Å². The highest BCUT2D eigenvalue weighted by Gasteiger charge is 2.25. The summed E-state index contributed by atoms with van der Waals surface area (Å²) in [5.74, 6) is 0.0101. The van der Waals surface area contributed by atoms with Crippen LogP contribution in [0.15, 0.2) is 39.3 Å². The normalized spacial score (nSPS) is 17.2. The number of halogens is 2. The van der Waals surface area contributed by atoms with E-state index in [0.717, 1.165) is 34.9 Å². The molecule has 1 atom stereocenters. The Hall–Kier alpha value is -0.650. The second kappa shape index (κ2) is 6.68. The van der Waals surface area contributed by atoms with Crippen LogP contribution in [0, 0.1) is 0 Å². The van der Waals surface area contributed by atoms with Gasteiger partial charge >= 0.3 is 0 Å². The predicted molar refractivity (Wildman–Crippen MR) is 84.1 cm³/mol. The van der Waals surface area contributed by atoms with Crippen LogP contribution < -0.4 is 5.73 Å². The smallest absolute Gasteiger partial charge is 0.244 e. The van der Waals surface area contributed by atoms with E-state index in [1.165, 1.54) is 5.57 Å². The molecular formula is C14H16Br2N2O. The van der Waals surface area contributed by atoms with Gasteiger partial charge in [0.25, 0.3) is 0 Å². The van der Waals surface area contributed by atoms with Crippen LogP contribution in [0.5, 0.6) is 0 Å².